The fourth-order valence-corrected chi connectivity index (χ4v) is 1.64. The summed E-state index contributed by atoms with van der Waals surface area (Å²) >= 11 is 0. The minimum absolute atomic E-state index is 0.186. The fraction of sp³-hybridized carbons (Fsp3) is 0.214. The van der Waals surface area contributed by atoms with E-state index in [2.05, 4.69) is 10.3 Å². The Morgan fingerprint density at radius 3 is 2.76 bits per heavy atom. The average molecular weight is 230 g/mol. The molecule has 2 rings (SSSR count). The van der Waals surface area contributed by atoms with E-state index in [4.69, 9.17) is 0 Å². The van der Waals surface area contributed by atoms with Crippen LogP contribution < -0.4 is 5.32 Å². The van der Waals surface area contributed by atoms with Gasteiger partial charge in [-0.05, 0) is 24.7 Å². The highest BCUT2D eigenvalue weighted by molar-refractivity contribution is 5.59. The first-order valence-corrected chi connectivity index (χ1v) is 5.72. The fourth-order valence-electron chi connectivity index (χ4n) is 1.64. The number of pyridine rings is 1. The molecule has 0 amide bonds. The van der Waals surface area contributed by atoms with Gasteiger partial charge in [0.1, 0.15) is 5.82 Å². The van der Waals surface area contributed by atoms with Crippen LogP contribution in [0.2, 0.25) is 0 Å². The molecule has 0 atom stereocenters. The first kappa shape index (κ1) is 11.7. The molecular formula is C14H15FN2. The molecule has 0 radical (unpaired) electrons. The van der Waals surface area contributed by atoms with Gasteiger partial charge in [0.15, 0.2) is 0 Å². The van der Waals surface area contributed by atoms with Crippen LogP contribution in [0.25, 0.3) is 11.3 Å². The molecule has 0 saturated heterocycles. The predicted octanol–water partition coefficient (Wildman–Crippen LogP) is 3.00. The highest BCUT2D eigenvalue weighted by Crippen LogP contribution is 2.19. The lowest BCUT2D eigenvalue weighted by Crippen LogP contribution is -2.12. The number of halogens is 1. The summed E-state index contributed by atoms with van der Waals surface area (Å²) < 4.78 is 13.8. The van der Waals surface area contributed by atoms with Gasteiger partial charge in [-0.25, -0.2) is 4.39 Å². The van der Waals surface area contributed by atoms with Crippen LogP contribution in [-0.2, 0) is 6.54 Å². The second-order valence-electron chi connectivity index (χ2n) is 3.80. The van der Waals surface area contributed by atoms with Crippen molar-refractivity contribution in [2.24, 2.45) is 0 Å². The molecule has 2 nitrogen and oxygen atoms in total. The minimum Gasteiger partial charge on any atom is -0.313 e. The quantitative estimate of drug-likeness (QED) is 0.873. The Hall–Kier alpha value is -1.74. The van der Waals surface area contributed by atoms with E-state index in [1.807, 2.05) is 37.3 Å². The number of nitrogens with one attached hydrogen (secondary N) is 1. The Labute approximate surface area is 101 Å². The molecule has 0 aliphatic rings. The lowest BCUT2D eigenvalue weighted by Gasteiger charge is -2.06. The molecule has 0 aliphatic heterocycles. The predicted molar refractivity (Wildman–Crippen MR) is 67.0 cm³/mol. The smallest absolute Gasteiger partial charge is 0.128 e. The summed E-state index contributed by atoms with van der Waals surface area (Å²) in [6, 6.07) is 10.9. The molecule has 0 aliphatic carbocycles. The van der Waals surface area contributed by atoms with Crippen LogP contribution in [0.3, 0.4) is 0 Å². The molecule has 3 heteroatoms. The highest BCUT2D eigenvalue weighted by atomic mass is 19.1. The van der Waals surface area contributed by atoms with Crippen LogP contribution in [0.4, 0.5) is 4.39 Å². The van der Waals surface area contributed by atoms with Crippen molar-refractivity contribution in [3.63, 3.8) is 0 Å². The molecule has 1 aromatic heterocycles. The third-order valence-corrected chi connectivity index (χ3v) is 2.58. The Bertz CT molecular complexity index is 483. The van der Waals surface area contributed by atoms with E-state index >= 15 is 0 Å². The second kappa shape index (κ2) is 5.55. The van der Waals surface area contributed by atoms with E-state index in [-0.39, 0.29) is 5.82 Å². The zero-order valence-electron chi connectivity index (χ0n) is 9.78. The van der Waals surface area contributed by atoms with Crippen LogP contribution in [-0.4, -0.2) is 11.5 Å². The maximum atomic E-state index is 13.8. The van der Waals surface area contributed by atoms with E-state index in [1.165, 1.54) is 6.07 Å². The van der Waals surface area contributed by atoms with Gasteiger partial charge in [-0.15, -0.1) is 0 Å². The van der Waals surface area contributed by atoms with Gasteiger partial charge in [-0.2, -0.15) is 0 Å². The number of benzene rings is 1. The zero-order valence-corrected chi connectivity index (χ0v) is 9.78. The molecule has 0 bridgehead atoms. The van der Waals surface area contributed by atoms with E-state index in [9.17, 15) is 4.39 Å². The number of aromatic nitrogens is 1. The van der Waals surface area contributed by atoms with Crippen molar-refractivity contribution >= 4 is 0 Å². The normalized spacial score (nSPS) is 10.5. The standard InChI is InChI=1S/C14H15FN2/c1-2-16-10-12-7-6-11(9-13(12)15)14-5-3-4-8-17-14/h3-9,16H,2,10H2,1H3. The van der Waals surface area contributed by atoms with Crippen LogP contribution >= 0.6 is 0 Å². The van der Waals surface area contributed by atoms with Gasteiger partial charge in [0.05, 0.1) is 5.69 Å². The molecule has 2 aromatic rings. The van der Waals surface area contributed by atoms with E-state index in [1.54, 1.807) is 6.20 Å². The van der Waals surface area contributed by atoms with Gasteiger partial charge in [0, 0.05) is 23.9 Å². The Morgan fingerprint density at radius 2 is 2.12 bits per heavy atom. The Balaban J connectivity index is 2.25. The topological polar surface area (TPSA) is 24.9 Å². The Morgan fingerprint density at radius 1 is 1.24 bits per heavy atom. The molecule has 1 heterocycles. The van der Waals surface area contributed by atoms with Gasteiger partial charge in [-0.3, -0.25) is 4.98 Å². The first-order chi connectivity index (χ1) is 8.31. The molecule has 1 N–H and O–H groups in total. The highest BCUT2D eigenvalue weighted by Gasteiger charge is 2.05. The van der Waals surface area contributed by atoms with Crippen molar-refractivity contribution in [1.29, 1.82) is 0 Å². The van der Waals surface area contributed by atoms with Crippen molar-refractivity contribution in [1.82, 2.24) is 10.3 Å². The molecule has 0 spiro atoms. The lowest BCUT2D eigenvalue weighted by molar-refractivity contribution is 0.594. The van der Waals surface area contributed by atoms with Crippen molar-refractivity contribution in [3.05, 3.63) is 54.0 Å². The third-order valence-electron chi connectivity index (χ3n) is 2.58. The average Bonchev–Trinajstić information content (AvgIpc) is 2.38. The second-order valence-corrected chi connectivity index (χ2v) is 3.80. The monoisotopic (exact) mass is 230 g/mol. The third kappa shape index (κ3) is 2.88. The van der Waals surface area contributed by atoms with E-state index in [0.717, 1.165) is 17.8 Å². The molecule has 0 unspecified atom stereocenters. The molecule has 88 valence electrons. The van der Waals surface area contributed by atoms with Crippen molar-refractivity contribution in [2.75, 3.05) is 6.54 Å². The number of hydrogen-bond donors (Lipinski definition) is 1. The SMILES string of the molecule is CCNCc1ccc(-c2ccccn2)cc1F. The van der Waals surface area contributed by atoms with E-state index < -0.39 is 0 Å². The summed E-state index contributed by atoms with van der Waals surface area (Å²) in [6.45, 7) is 3.40. The van der Waals surface area contributed by atoms with Gasteiger partial charge in [0.2, 0.25) is 0 Å². The van der Waals surface area contributed by atoms with Crippen LogP contribution in [0.15, 0.2) is 42.6 Å². The molecule has 0 fully saturated rings. The van der Waals surface area contributed by atoms with Gasteiger partial charge in [-0.1, -0.05) is 25.1 Å². The first-order valence-electron chi connectivity index (χ1n) is 5.72. The molecule has 0 saturated carbocycles. The van der Waals surface area contributed by atoms with Crippen LogP contribution in [0.5, 0.6) is 0 Å². The summed E-state index contributed by atoms with van der Waals surface area (Å²) in [7, 11) is 0. The van der Waals surface area contributed by atoms with Gasteiger partial charge in [0.25, 0.3) is 0 Å². The minimum atomic E-state index is -0.186. The molecule has 1 aromatic carbocycles. The summed E-state index contributed by atoms with van der Waals surface area (Å²) in [6.07, 6.45) is 1.71. The van der Waals surface area contributed by atoms with Crippen molar-refractivity contribution in [3.8, 4) is 11.3 Å². The van der Waals surface area contributed by atoms with Crippen LogP contribution in [0, 0.1) is 5.82 Å². The molecule has 17 heavy (non-hydrogen) atoms. The maximum Gasteiger partial charge on any atom is 0.128 e. The van der Waals surface area contributed by atoms with Crippen molar-refractivity contribution < 1.29 is 4.39 Å². The lowest BCUT2D eigenvalue weighted by atomic mass is 10.1. The van der Waals surface area contributed by atoms with Crippen molar-refractivity contribution in [2.45, 2.75) is 13.5 Å². The largest absolute Gasteiger partial charge is 0.313 e. The molecular weight excluding hydrogens is 215 g/mol. The summed E-state index contributed by atoms with van der Waals surface area (Å²) in [5.74, 6) is -0.186. The maximum absolute atomic E-state index is 13.8. The summed E-state index contributed by atoms with van der Waals surface area (Å²) in [5, 5.41) is 3.11. The Kier molecular flexibility index (Phi) is 3.83. The van der Waals surface area contributed by atoms with Gasteiger partial charge >= 0.3 is 0 Å². The van der Waals surface area contributed by atoms with Crippen LogP contribution in [0.1, 0.15) is 12.5 Å². The number of nitrogens with zero attached hydrogens (tertiary/aromatic N) is 1. The number of hydrogen-bond acceptors (Lipinski definition) is 2. The summed E-state index contributed by atoms with van der Waals surface area (Å²) in [5.41, 5.74) is 2.29. The summed E-state index contributed by atoms with van der Waals surface area (Å²) in [4.78, 5) is 4.20. The number of rotatable bonds is 4. The van der Waals surface area contributed by atoms with Gasteiger partial charge < -0.3 is 5.32 Å². The zero-order chi connectivity index (χ0) is 12.1. The van der Waals surface area contributed by atoms with E-state index in [0.29, 0.717) is 12.1 Å².